The molecule has 1 aliphatic rings. The average Bonchev–Trinajstić information content (AvgIpc) is 2.47. The minimum atomic E-state index is -0.0428. The average molecular weight is 280 g/mol. The van der Waals surface area contributed by atoms with Gasteiger partial charge in [0.15, 0.2) is 0 Å². The molecule has 0 bridgehead atoms. The summed E-state index contributed by atoms with van der Waals surface area (Å²) in [6.07, 6.45) is 3.32. The van der Waals surface area contributed by atoms with Crippen molar-refractivity contribution in [1.82, 2.24) is 0 Å². The fourth-order valence-corrected chi connectivity index (χ4v) is 2.95. The second-order valence-corrected chi connectivity index (χ2v) is 5.61. The largest absolute Gasteiger partial charge is 0.382 e. The second kappa shape index (κ2) is 6.00. The number of benzene rings is 2. The Hall–Kier alpha value is -2.29. The standard InChI is InChI=1S/C18H20N2O/c1-13(21)19-16-7-4-8-17(12-16)20-18-10-9-14-5-2-3-6-15(14)11-18/h2-8,12,18,20H,9-11H2,1H3,(H,19,21). The predicted molar refractivity (Wildman–Crippen MR) is 86.6 cm³/mol. The van der Waals surface area contributed by atoms with Crippen LogP contribution in [-0.4, -0.2) is 11.9 Å². The maximum Gasteiger partial charge on any atom is 0.221 e. The molecule has 108 valence electrons. The van der Waals surface area contributed by atoms with E-state index >= 15 is 0 Å². The van der Waals surface area contributed by atoms with Crippen LogP contribution in [0.15, 0.2) is 48.5 Å². The molecular formula is C18H20N2O. The molecule has 2 aromatic carbocycles. The van der Waals surface area contributed by atoms with Gasteiger partial charge in [0, 0.05) is 24.3 Å². The van der Waals surface area contributed by atoms with Crippen LogP contribution < -0.4 is 10.6 Å². The molecule has 1 atom stereocenters. The minimum absolute atomic E-state index is 0.0428. The highest BCUT2D eigenvalue weighted by molar-refractivity contribution is 5.89. The molecule has 0 fully saturated rings. The van der Waals surface area contributed by atoms with Gasteiger partial charge in [0.1, 0.15) is 0 Å². The van der Waals surface area contributed by atoms with E-state index in [-0.39, 0.29) is 5.91 Å². The summed E-state index contributed by atoms with van der Waals surface area (Å²) in [4.78, 5) is 11.1. The summed E-state index contributed by atoms with van der Waals surface area (Å²) in [5, 5.41) is 6.40. The van der Waals surface area contributed by atoms with Gasteiger partial charge in [-0.1, -0.05) is 30.3 Å². The fourth-order valence-electron chi connectivity index (χ4n) is 2.95. The molecule has 0 radical (unpaired) electrons. The first-order chi connectivity index (χ1) is 10.2. The lowest BCUT2D eigenvalue weighted by atomic mass is 9.88. The highest BCUT2D eigenvalue weighted by Gasteiger charge is 2.17. The van der Waals surface area contributed by atoms with Crippen LogP contribution in [0.25, 0.3) is 0 Å². The molecule has 0 aliphatic heterocycles. The number of rotatable bonds is 3. The van der Waals surface area contributed by atoms with Gasteiger partial charge in [-0.05, 0) is 48.6 Å². The van der Waals surface area contributed by atoms with Crippen LogP contribution in [0, 0.1) is 0 Å². The first-order valence-corrected chi connectivity index (χ1v) is 7.42. The van der Waals surface area contributed by atoms with Crippen molar-refractivity contribution in [3.63, 3.8) is 0 Å². The summed E-state index contributed by atoms with van der Waals surface area (Å²) < 4.78 is 0. The Morgan fingerprint density at radius 3 is 2.62 bits per heavy atom. The van der Waals surface area contributed by atoms with Gasteiger partial charge in [0.2, 0.25) is 5.91 Å². The summed E-state index contributed by atoms with van der Waals surface area (Å²) in [5.41, 5.74) is 4.82. The summed E-state index contributed by atoms with van der Waals surface area (Å²) >= 11 is 0. The molecule has 0 heterocycles. The summed E-state index contributed by atoms with van der Waals surface area (Å²) in [5.74, 6) is -0.0428. The summed E-state index contributed by atoms with van der Waals surface area (Å²) in [7, 11) is 0. The zero-order valence-corrected chi connectivity index (χ0v) is 12.2. The van der Waals surface area contributed by atoms with Crippen molar-refractivity contribution < 1.29 is 4.79 Å². The molecule has 3 heteroatoms. The van der Waals surface area contributed by atoms with Crippen LogP contribution in [0.4, 0.5) is 11.4 Å². The van der Waals surface area contributed by atoms with E-state index < -0.39 is 0 Å². The SMILES string of the molecule is CC(=O)Nc1cccc(NC2CCc3ccccc3C2)c1. The van der Waals surface area contributed by atoms with Crippen LogP contribution in [0.2, 0.25) is 0 Å². The predicted octanol–water partition coefficient (Wildman–Crippen LogP) is 3.61. The number of fused-ring (bicyclic) bond motifs is 1. The quantitative estimate of drug-likeness (QED) is 0.901. The molecule has 2 N–H and O–H groups in total. The van der Waals surface area contributed by atoms with E-state index in [0.29, 0.717) is 6.04 Å². The molecule has 3 nitrogen and oxygen atoms in total. The number of hydrogen-bond acceptors (Lipinski definition) is 2. The van der Waals surface area contributed by atoms with Gasteiger partial charge < -0.3 is 10.6 Å². The third-order valence-corrected chi connectivity index (χ3v) is 3.90. The van der Waals surface area contributed by atoms with Crippen molar-refractivity contribution in [3.8, 4) is 0 Å². The van der Waals surface area contributed by atoms with E-state index in [1.54, 1.807) is 0 Å². The Bertz CT molecular complexity index is 651. The highest BCUT2D eigenvalue weighted by Crippen LogP contribution is 2.24. The maximum atomic E-state index is 11.1. The van der Waals surface area contributed by atoms with Crippen LogP contribution in [-0.2, 0) is 17.6 Å². The lowest BCUT2D eigenvalue weighted by Gasteiger charge is -2.26. The molecule has 0 spiro atoms. The number of hydrogen-bond donors (Lipinski definition) is 2. The molecule has 21 heavy (non-hydrogen) atoms. The Kier molecular flexibility index (Phi) is 3.91. The molecular weight excluding hydrogens is 260 g/mol. The first kappa shape index (κ1) is 13.7. The van der Waals surface area contributed by atoms with Crippen LogP contribution in [0.5, 0.6) is 0 Å². The van der Waals surface area contributed by atoms with Crippen LogP contribution >= 0.6 is 0 Å². The number of aryl methyl sites for hydroxylation is 1. The number of anilines is 2. The topological polar surface area (TPSA) is 41.1 Å². The maximum absolute atomic E-state index is 11.1. The minimum Gasteiger partial charge on any atom is -0.382 e. The number of carbonyl (C=O) groups is 1. The van der Waals surface area contributed by atoms with Gasteiger partial charge >= 0.3 is 0 Å². The van der Waals surface area contributed by atoms with Crippen molar-refractivity contribution >= 4 is 17.3 Å². The Labute approximate surface area is 125 Å². The number of amides is 1. The number of carbonyl (C=O) groups excluding carboxylic acids is 1. The van der Waals surface area contributed by atoms with Gasteiger partial charge in [0.05, 0.1) is 0 Å². The van der Waals surface area contributed by atoms with E-state index in [0.717, 1.165) is 30.6 Å². The Morgan fingerprint density at radius 2 is 1.81 bits per heavy atom. The van der Waals surface area contributed by atoms with E-state index in [4.69, 9.17) is 0 Å². The van der Waals surface area contributed by atoms with Gasteiger partial charge in [0.25, 0.3) is 0 Å². The normalized spacial score (nSPS) is 16.9. The lowest BCUT2D eigenvalue weighted by Crippen LogP contribution is -2.27. The first-order valence-electron chi connectivity index (χ1n) is 7.42. The molecule has 2 aromatic rings. The smallest absolute Gasteiger partial charge is 0.221 e. The van der Waals surface area contributed by atoms with Gasteiger partial charge in [-0.2, -0.15) is 0 Å². The van der Waals surface area contributed by atoms with E-state index in [2.05, 4.69) is 34.9 Å². The molecule has 0 saturated heterocycles. The van der Waals surface area contributed by atoms with Crippen molar-refractivity contribution in [3.05, 3.63) is 59.7 Å². The van der Waals surface area contributed by atoms with Crippen molar-refractivity contribution in [2.24, 2.45) is 0 Å². The van der Waals surface area contributed by atoms with E-state index in [1.165, 1.54) is 18.1 Å². The van der Waals surface area contributed by atoms with Gasteiger partial charge in [-0.25, -0.2) is 0 Å². The second-order valence-electron chi connectivity index (χ2n) is 5.61. The fraction of sp³-hybridized carbons (Fsp3) is 0.278. The van der Waals surface area contributed by atoms with Crippen molar-refractivity contribution in [1.29, 1.82) is 0 Å². The zero-order chi connectivity index (χ0) is 14.7. The third-order valence-electron chi connectivity index (χ3n) is 3.90. The molecule has 3 rings (SSSR count). The van der Waals surface area contributed by atoms with Crippen molar-refractivity contribution in [2.45, 2.75) is 32.2 Å². The zero-order valence-electron chi connectivity index (χ0n) is 12.2. The summed E-state index contributed by atoms with van der Waals surface area (Å²) in [6, 6.07) is 17.0. The van der Waals surface area contributed by atoms with Gasteiger partial charge in [-0.3, -0.25) is 4.79 Å². The van der Waals surface area contributed by atoms with E-state index in [1.807, 2.05) is 24.3 Å². The molecule has 1 unspecified atom stereocenters. The van der Waals surface area contributed by atoms with Crippen LogP contribution in [0.1, 0.15) is 24.5 Å². The van der Waals surface area contributed by atoms with Crippen molar-refractivity contribution in [2.75, 3.05) is 10.6 Å². The molecule has 0 saturated carbocycles. The molecule has 1 amide bonds. The lowest BCUT2D eigenvalue weighted by molar-refractivity contribution is -0.114. The third kappa shape index (κ3) is 3.43. The Morgan fingerprint density at radius 1 is 1.05 bits per heavy atom. The molecule has 0 aromatic heterocycles. The van der Waals surface area contributed by atoms with Crippen LogP contribution in [0.3, 0.4) is 0 Å². The van der Waals surface area contributed by atoms with E-state index in [9.17, 15) is 4.79 Å². The van der Waals surface area contributed by atoms with Gasteiger partial charge in [-0.15, -0.1) is 0 Å². The highest BCUT2D eigenvalue weighted by atomic mass is 16.1. The monoisotopic (exact) mass is 280 g/mol. The molecule has 1 aliphatic carbocycles. The Balaban J connectivity index is 1.69. The summed E-state index contributed by atoms with van der Waals surface area (Å²) in [6.45, 7) is 1.53. The number of nitrogens with one attached hydrogen (secondary N) is 2.